The standard InChI is InChI=1S/C17H26N4O2/c1-4-14-7-5-6-8-15(14)18-16(22)13-20-9-11-21(12-10-20)17(23)19(2)3/h5-8H,4,9-13H2,1-3H3,(H,18,22). The van der Waals surface area contributed by atoms with Gasteiger partial charge in [0.2, 0.25) is 5.91 Å². The first-order valence-electron chi connectivity index (χ1n) is 8.07. The molecule has 6 nitrogen and oxygen atoms in total. The van der Waals surface area contributed by atoms with Crippen molar-refractivity contribution in [3.05, 3.63) is 29.8 Å². The third-order valence-corrected chi connectivity index (χ3v) is 4.06. The van der Waals surface area contributed by atoms with E-state index >= 15 is 0 Å². The highest BCUT2D eigenvalue weighted by atomic mass is 16.2. The number of carbonyl (C=O) groups excluding carboxylic acids is 2. The summed E-state index contributed by atoms with van der Waals surface area (Å²) in [5.74, 6) is -0.00159. The number of urea groups is 1. The average molecular weight is 318 g/mol. The number of nitrogens with zero attached hydrogens (tertiary/aromatic N) is 3. The summed E-state index contributed by atoms with van der Waals surface area (Å²) in [5.41, 5.74) is 2.03. The van der Waals surface area contributed by atoms with Gasteiger partial charge in [0.25, 0.3) is 0 Å². The highest BCUT2D eigenvalue weighted by Crippen LogP contribution is 2.15. The fourth-order valence-electron chi connectivity index (χ4n) is 2.72. The largest absolute Gasteiger partial charge is 0.331 e. The molecule has 1 aliphatic rings. The maximum Gasteiger partial charge on any atom is 0.319 e. The summed E-state index contributed by atoms with van der Waals surface area (Å²) < 4.78 is 0. The lowest BCUT2D eigenvalue weighted by Gasteiger charge is -2.35. The highest BCUT2D eigenvalue weighted by molar-refractivity contribution is 5.93. The number of amides is 3. The molecule has 0 aromatic heterocycles. The molecule has 1 N–H and O–H groups in total. The summed E-state index contributed by atoms with van der Waals surface area (Å²) >= 11 is 0. The molecule has 2 rings (SSSR count). The smallest absolute Gasteiger partial charge is 0.319 e. The van der Waals surface area contributed by atoms with Crippen LogP contribution in [0.15, 0.2) is 24.3 Å². The Morgan fingerprint density at radius 3 is 2.39 bits per heavy atom. The molecule has 0 atom stereocenters. The number of rotatable bonds is 4. The average Bonchev–Trinajstić information content (AvgIpc) is 2.55. The van der Waals surface area contributed by atoms with Crippen LogP contribution in [0.2, 0.25) is 0 Å². The molecular formula is C17H26N4O2. The van der Waals surface area contributed by atoms with Crippen molar-refractivity contribution >= 4 is 17.6 Å². The number of hydrogen-bond acceptors (Lipinski definition) is 3. The van der Waals surface area contributed by atoms with Crippen LogP contribution in [0.5, 0.6) is 0 Å². The summed E-state index contributed by atoms with van der Waals surface area (Å²) in [5, 5.41) is 2.99. The van der Waals surface area contributed by atoms with E-state index in [9.17, 15) is 9.59 Å². The molecule has 0 bridgehead atoms. The number of hydrogen-bond donors (Lipinski definition) is 1. The van der Waals surface area contributed by atoms with Gasteiger partial charge >= 0.3 is 6.03 Å². The van der Waals surface area contributed by atoms with Gasteiger partial charge in [0.1, 0.15) is 0 Å². The van der Waals surface area contributed by atoms with E-state index < -0.39 is 0 Å². The first-order chi connectivity index (χ1) is 11.0. The second kappa shape index (κ2) is 7.97. The maximum atomic E-state index is 12.2. The zero-order valence-electron chi connectivity index (χ0n) is 14.2. The molecule has 0 aliphatic carbocycles. The van der Waals surface area contributed by atoms with Gasteiger partial charge in [0, 0.05) is 46.0 Å². The van der Waals surface area contributed by atoms with E-state index in [1.165, 1.54) is 0 Å². The van der Waals surface area contributed by atoms with Gasteiger partial charge in [0.15, 0.2) is 0 Å². The van der Waals surface area contributed by atoms with Crippen molar-refractivity contribution in [2.75, 3.05) is 52.1 Å². The first kappa shape index (κ1) is 17.3. The molecule has 1 saturated heterocycles. The Morgan fingerprint density at radius 1 is 1.13 bits per heavy atom. The molecular weight excluding hydrogens is 292 g/mol. The van der Waals surface area contributed by atoms with E-state index in [2.05, 4.69) is 17.1 Å². The van der Waals surface area contributed by atoms with Crippen molar-refractivity contribution in [2.45, 2.75) is 13.3 Å². The van der Waals surface area contributed by atoms with Crippen molar-refractivity contribution < 1.29 is 9.59 Å². The maximum absolute atomic E-state index is 12.2. The monoisotopic (exact) mass is 318 g/mol. The number of benzene rings is 1. The number of anilines is 1. The molecule has 0 radical (unpaired) electrons. The van der Waals surface area contributed by atoms with Gasteiger partial charge in [-0.2, -0.15) is 0 Å². The lowest BCUT2D eigenvalue weighted by atomic mass is 10.1. The predicted octanol–water partition coefficient (Wildman–Crippen LogP) is 1.49. The number of nitrogens with one attached hydrogen (secondary N) is 1. The van der Waals surface area contributed by atoms with Crippen molar-refractivity contribution in [3.8, 4) is 0 Å². The summed E-state index contributed by atoms with van der Waals surface area (Å²) in [6, 6.07) is 7.91. The van der Waals surface area contributed by atoms with E-state index in [-0.39, 0.29) is 11.9 Å². The Kier molecular flexibility index (Phi) is 5.98. The lowest BCUT2D eigenvalue weighted by Crippen LogP contribution is -2.52. The Labute approximate surface area is 138 Å². The quantitative estimate of drug-likeness (QED) is 0.915. The van der Waals surface area contributed by atoms with Crippen LogP contribution in [0.25, 0.3) is 0 Å². The van der Waals surface area contributed by atoms with Crippen molar-refractivity contribution in [2.24, 2.45) is 0 Å². The third-order valence-electron chi connectivity index (χ3n) is 4.06. The third kappa shape index (κ3) is 4.69. The van der Waals surface area contributed by atoms with E-state index in [1.54, 1.807) is 19.0 Å². The second-order valence-corrected chi connectivity index (χ2v) is 6.00. The summed E-state index contributed by atoms with van der Waals surface area (Å²) in [6.45, 7) is 5.21. The number of para-hydroxylation sites is 1. The fourth-order valence-corrected chi connectivity index (χ4v) is 2.72. The SMILES string of the molecule is CCc1ccccc1NC(=O)CN1CCN(C(=O)N(C)C)CC1. The van der Waals surface area contributed by atoms with Crippen LogP contribution in [0, 0.1) is 0 Å². The van der Waals surface area contributed by atoms with Gasteiger partial charge < -0.3 is 15.1 Å². The molecule has 0 saturated carbocycles. The minimum Gasteiger partial charge on any atom is -0.331 e. The topological polar surface area (TPSA) is 55.9 Å². The molecule has 1 heterocycles. The molecule has 0 unspecified atom stereocenters. The van der Waals surface area contributed by atoms with Gasteiger partial charge in [-0.1, -0.05) is 25.1 Å². The molecule has 0 spiro atoms. The fraction of sp³-hybridized carbons (Fsp3) is 0.529. The van der Waals surface area contributed by atoms with Crippen LogP contribution in [-0.2, 0) is 11.2 Å². The number of aryl methyl sites for hydroxylation is 1. The zero-order valence-corrected chi connectivity index (χ0v) is 14.2. The Balaban J connectivity index is 1.82. The molecule has 126 valence electrons. The Morgan fingerprint density at radius 2 is 1.78 bits per heavy atom. The normalized spacial score (nSPS) is 15.3. The van der Waals surface area contributed by atoms with Crippen LogP contribution >= 0.6 is 0 Å². The Hall–Kier alpha value is -2.08. The molecule has 1 aromatic carbocycles. The summed E-state index contributed by atoms with van der Waals surface area (Å²) in [7, 11) is 3.51. The molecule has 1 aliphatic heterocycles. The van der Waals surface area contributed by atoms with Crippen LogP contribution < -0.4 is 5.32 Å². The second-order valence-electron chi connectivity index (χ2n) is 6.00. The van der Waals surface area contributed by atoms with E-state index in [0.717, 1.165) is 30.8 Å². The lowest BCUT2D eigenvalue weighted by molar-refractivity contribution is -0.117. The number of piperazine rings is 1. The van der Waals surface area contributed by atoms with Gasteiger partial charge in [0.05, 0.1) is 6.54 Å². The highest BCUT2D eigenvalue weighted by Gasteiger charge is 2.23. The van der Waals surface area contributed by atoms with Crippen molar-refractivity contribution in [3.63, 3.8) is 0 Å². The molecule has 23 heavy (non-hydrogen) atoms. The van der Waals surface area contributed by atoms with Gasteiger partial charge in [-0.3, -0.25) is 9.69 Å². The van der Waals surface area contributed by atoms with Crippen LogP contribution in [-0.4, -0.2) is 73.5 Å². The summed E-state index contributed by atoms with van der Waals surface area (Å²) in [4.78, 5) is 29.6. The molecule has 1 aromatic rings. The van der Waals surface area contributed by atoms with Gasteiger partial charge in [-0.15, -0.1) is 0 Å². The zero-order chi connectivity index (χ0) is 16.8. The van der Waals surface area contributed by atoms with Gasteiger partial charge in [-0.05, 0) is 18.1 Å². The Bertz CT molecular complexity index is 551. The molecule has 6 heteroatoms. The van der Waals surface area contributed by atoms with Crippen LogP contribution in [0.1, 0.15) is 12.5 Å². The van der Waals surface area contributed by atoms with Crippen LogP contribution in [0.4, 0.5) is 10.5 Å². The first-order valence-corrected chi connectivity index (χ1v) is 8.07. The van der Waals surface area contributed by atoms with Crippen molar-refractivity contribution in [1.29, 1.82) is 0 Å². The minimum absolute atomic E-state index is 0.00159. The van der Waals surface area contributed by atoms with Gasteiger partial charge in [-0.25, -0.2) is 4.79 Å². The van der Waals surface area contributed by atoms with E-state index in [4.69, 9.17) is 0 Å². The summed E-state index contributed by atoms with van der Waals surface area (Å²) in [6.07, 6.45) is 0.891. The van der Waals surface area contributed by atoms with Crippen molar-refractivity contribution in [1.82, 2.24) is 14.7 Å². The molecule has 3 amide bonds. The van der Waals surface area contributed by atoms with E-state index in [1.807, 2.05) is 29.2 Å². The van der Waals surface area contributed by atoms with E-state index in [0.29, 0.717) is 19.6 Å². The minimum atomic E-state index is -0.00159. The van der Waals surface area contributed by atoms with Crippen LogP contribution in [0.3, 0.4) is 0 Å². The molecule has 1 fully saturated rings. The number of carbonyl (C=O) groups is 2. The predicted molar refractivity (Wildman–Crippen MR) is 91.5 cm³/mol.